The van der Waals surface area contributed by atoms with Crippen LogP contribution in [-0.2, 0) is 10.0 Å². The smallest absolute Gasteiger partial charge is 0.243 e. The Morgan fingerprint density at radius 2 is 1.73 bits per heavy atom. The quantitative estimate of drug-likeness (QED) is 0.576. The average molecular weight is 412 g/mol. The third-order valence-electron chi connectivity index (χ3n) is 4.17. The summed E-state index contributed by atoms with van der Waals surface area (Å²) in [5, 5.41) is 5.02. The summed E-state index contributed by atoms with van der Waals surface area (Å²) < 4.78 is 27.4. The number of hydrogen-bond donors (Lipinski definition) is 1. The van der Waals surface area contributed by atoms with E-state index in [1.54, 1.807) is 46.8 Å². The van der Waals surface area contributed by atoms with Gasteiger partial charge in [-0.25, -0.2) is 8.42 Å². The zero-order valence-corrected chi connectivity index (χ0v) is 16.4. The van der Waals surface area contributed by atoms with Gasteiger partial charge in [-0.2, -0.15) is 9.41 Å². The number of nitrogens with one attached hydrogen (secondary N) is 1. The molecule has 0 atom stereocenters. The van der Waals surface area contributed by atoms with Crippen LogP contribution in [0.3, 0.4) is 0 Å². The summed E-state index contributed by atoms with van der Waals surface area (Å²) in [4.78, 5) is 0.265. The summed E-state index contributed by atoms with van der Waals surface area (Å²) in [6, 6.07) is 11.9. The summed E-state index contributed by atoms with van der Waals surface area (Å²) in [5.74, 6) is 0. The Morgan fingerprint density at radius 3 is 2.46 bits per heavy atom. The molecule has 1 heterocycles. The molecule has 0 amide bonds. The summed E-state index contributed by atoms with van der Waals surface area (Å²) in [6.07, 6.45) is 4.37. The Balaban J connectivity index is 1.81. The molecule has 0 saturated carbocycles. The summed E-state index contributed by atoms with van der Waals surface area (Å²) >= 11 is 11.9. The third kappa shape index (κ3) is 4.38. The fraction of sp³-hybridized carbons (Fsp3) is 0.278. The lowest BCUT2D eigenvalue weighted by Gasteiger charge is -2.26. The first kappa shape index (κ1) is 19.2. The molecule has 1 N–H and O–H groups in total. The van der Waals surface area contributed by atoms with Crippen LogP contribution in [0.4, 0.5) is 5.69 Å². The lowest BCUT2D eigenvalue weighted by molar-refractivity contribution is 0.346. The van der Waals surface area contributed by atoms with Crippen molar-refractivity contribution in [2.24, 2.45) is 5.10 Å². The van der Waals surface area contributed by atoms with Crippen molar-refractivity contribution < 1.29 is 8.42 Å². The molecule has 1 aliphatic rings. The minimum absolute atomic E-state index is 0.265. The first-order valence-corrected chi connectivity index (χ1v) is 10.5. The monoisotopic (exact) mass is 411 g/mol. The first-order valence-electron chi connectivity index (χ1n) is 8.32. The van der Waals surface area contributed by atoms with Crippen LogP contribution < -0.4 is 5.43 Å². The predicted molar refractivity (Wildman–Crippen MR) is 107 cm³/mol. The van der Waals surface area contributed by atoms with E-state index >= 15 is 0 Å². The Morgan fingerprint density at radius 1 is 1.00 bits per heavy atom. The van der Waals surface area contributed by atoms with Crippen LogP contribution in [0.15, 0.2) is 52.5 Å². The molecule has 5 nitrogen and oxygen atoms in total. The molecule has 0 spiro atoms. The maximum absolute atomic E-state index is 12.9. The molecule has 138 valence electrons. The van der Waals surface area contributed by atoms with Crippen molar-refractivity contribution in [3.8, 4) is 0 Å². The molecule has 1 saturated heterocycles. The number of anilines is 1. The van der Waals surface area contributed by atoms with Gasteiger partial charge in [0.05, 0.1) is 26.8 Å². The molecule has 8 heteroatoms. The molecular weight excluding hydrogens is 393 g/mol. The van der Waals surface area contributed by atoms with Crippen LogP contribution in [0, 0.1) is 0 Å². The average Bonchev–Trinajstić information content (AvgIpc) is 2.66. The Hall–Kier alpha value is -1.60. The normalized spacial score (nSPS) is 16.1. The van der Waals surface area contributed by atoms with Crippen molar-refractivity contribution in [2.75, 3.05) is 18.5 Å². The van der Waals surface area contributed by atoms with Gasteiger partial charge in [0.1, 0.15) is 0 Å². The van der Waals surface area contributed by atoms with Gasteiger partial charge in [-0.05, 0) is 37.1 Å². The minimum atomic E-state index is -3.52. The Bertz CT molecular complexity index is 910. The van der Waals surface area contributed by atoms with Gasteiger partial charge in [-0.3, -0.25) is 5.43 Å². The highest BCUT2D eigenvalue weighted by atomic mass is 35.5. The second kappa shape index (κ2) is 8.39. The maximum Gasteiger partial charge on any atom is 0.243 e. The van der Waals surface area contributed by atoms with Gasteiger partial charge in [0.2, 0.25) is 10.0 Å². The SMILES string of the molecule is O=S(=O)(c1ccccc1C=NNc1ccc(Cl)c(Cl)c1)N1CCCCC1. The zero-order valence-electron chi connectivity index (χ0n) is 14.0. The van der Waals surface area contributed by atoms with Gasteiger partial charge in [-0.15, -0.1) is 0 Å². The minimum Gasteiger partial charge on any atom is -0.278 e. The number of sulfonamides is 1. The van der Waals surface area contributed by atoms with Crippen molar-refractivity contribution in [1.29, 1.82) is 0 Å². The lowest BCUT2D eigenvalue weighted by atomic mass is 10.2. The van der Waals surface area contributed by atoms with Gasteiger partial charge in [-0.1, -0.05) is 47.8 Å². The van der Waals surface area contributed by atoms with E-state index in [9.17, 15) is 8.42 Å². The number of benzene rings is 2. The van der Waals surface area contributed by atoms with Gasteiger partial charge >= 0.3 is 0 Å². The predicted octanol–water partition coefficient (Wildman–Crippen LogP) is 4.61. The van der Waals surface area contributed by atoms with Crippen molar-refractivity contribution in [1.82, 2.24) is 4.31 Å². The Kier molecular flexibility index (Phi) is 6.19. The van der Waals surface area contributed by atoms with Gasteiger partial charge < -0.3 is 0 Å². The maximum atomic E-state index is 12.9. The summed E-state index contributed by atoms with van der Waals surface area (Å²) in [6.45, 7) is 1.13. The van der Waals surface area contributed by atoms with Crippen molar-refractivity contribution in [3.05, 3.63) is 58.1 Å². The van der Waals surface area contributed by atoms with Gasteiger partial charge in [0.25, 0.3) is 0 Å². The van der Waals surface area contributed by atoms with Crippen molar-refractivity contribution >= 4 is 45.1 Å². The lowest BCUT2D eigenvalue weighted by Crippen LogP contribution is -2.36. The van der Waals surface area contributed by atoms with E-state index in [1.165, 1.54) is 6.21 Å². The van der Waals surface area contributed by atoms with Crippen LogP contribution in [0.2, 0.25) is 10.0 Å². The summed E-state index contributed by atoms with van der Waals surface area (Å²) in [7, 11) is -3.52. The van der Waals surface area contributed by atoms with Gasteiger partial charge in [0, 0.05) is 18.7 Å². The van der Waals surface area contributed by atoms with E-state index in [4.69, 9.17) is 23.2 Å². The molecule has 3 rings (SSSR count). The Labute approximate surface area is 163 Å². The van der Waals surface area contributed by atoms with E-state index in [0.29, 0.717) is 34.4 Å². The molecule has 0 unspecified atom stereocenters. The standard InChI is InChI=1S/C18H19Cl2N3O2S/c19-16-9-8-15(12-17(16)20)22-21-13-14-6-2-3-7-18(14)26(24,25)23-10-4-1-5-11-23/h2-3,6-9,12-13,22H,1,4-5,10-11H2. The highest BCUT2D eigenvalue weighted by Gasteiger charge is 2.27. The fourth-order valence-electron chi connectivity index (χ4n) is 2.81. The van der Waals surface area contributed by atoms with E-state index in [1.807, 2.05) is 0 Å². The topological polar surface area (TPSA) is 61.8 Å². The molecule has 1 fully saturated rings. The molecule has 26 heavy (non-hydrogen) atoms. The third-order valence-corrected chi connectivity index (χ3v) is 6.88. The molecule has 0 bridgehead atoms. The van der Waals surface area contributed by atoms with Crippen LogP contribution in [0.1, 0.15) is 24.8 Å². The second-order valence-electron chi connectivity index (χ2n) is 6.00. The molecule has 0 radical (unpaired) electrons. The molecule has 0 aromatic heterocycles. The molecule has 2 aromatic carbocycles. The number of nitrogens with zero attached hydrogens (tertiary/aromatic N) is 2. The highest BCUT2D eigenvalue weighted by Crippen LogP contribution is 2.25. The number of hydrogen-bond acceptors (Lipinski definition) is 4. The van der Waals surface area contributed by atoms with E-state index in [2.05, 4.69) is 10.5 Å². The number of rotatable bonds is 5. The number of halogens is 2. The van der Waals surface area contributed by atoms with Gasteiger partial charge in [0.15, 0.2) is 0 Å². The molecule has 0 aliphatic carbocycles. The highest BCUT2D eigenvalue weighted by molar-refractivity contribution is 7.89. The van der Waals surface area contributed by atoms with Crippen LogP contribution in [0.5, 0.6) is 0 Å². The largest absolute Gasteiger partial charge is 0.278 e. The molecule has 2 aromatic rings. The second-order valence-corrected chi connectivity index (χ2v) is 8.72. The number of piperidine rings is 1. The van der Waals surface area contributed by atoms with Crippen LogP contribution in [-0.4, -0.2) is 32.0 Å². The van der Waals surface area contributed by atoms with Crippen molar-refractivity contribution in [3.63, 3.8) is 0 Å². The molecular formula is C18H19Cl2N3O2S. The van der Waals surface area contributed by atoms with Crippen LogP contribution >= 0.6 is 23.2 Å². The van der Waals surface area contributed by atoms with Crippen molar-refractivity contribution in [2.45, 2.75) is 24.2 Å². The van der Waals surface area contributed by atoms with E-state index in [-0.39, 0.29) is 4.90 Å². The fourth-order valence-corrected chi connectivity index (χ4v) is 4.79. The molecule has 1 aliphatic heterocycles. The summed E-state index contributed by atoms with van der Waals surface area (Å²) in [5.41, 5.74) is 4.03. The zero-order chi connectivity index (χ0) is 18.6. The van der Waals surface area contributed by atoms with Crippen LogP contribution in [0.25, 0.3) is 0 Å². The van der Waals surface area contributed by atoms with E-state index < -0.39 is 10.0 Å². The first-order chi connectivity index (χ1) is 12.5. The number of hydrazone groups is 1. The van der Waals surface area contributed by atoms with E-state index in [0.717, 1.165) is 19.3 Å².